The van der Waals surface area contributed by atoms with E-state index >= 15 is 0 Å². The van der Waals surface area contributed by atoms with Gasteiger partial charge in [0.15, 0.2) is 11.6 Å². The van der Waals surface area contributed by atoms with Gasteiger partial charge in [-0.1, -0.05) is 0 Å². The Bertz CT molecular complexity index is 584. The first-order valence-electron chi connectivity index (χ1n) is 5.29. The predicted octanol–water partition coefficient (Wildman–Crippen LogP) is 1.03. The van der Waals surface area contributed by atoms with Gasteiger partial charge in [0.2, 0.25) is 5.78 Å². The number of carbonyl (C=O) groups is 2. The summed E-state index contributed by atoms with van der Waals surface area (Å²) in [5, 5.41) is 0. The van der Waals surface area contributed by atoms with Gasteiger partial charge in [-0.3, -0.25) is 14.6 Å². The molecule has 0 atom stereocenters. The van der Waals surface area contributed by atoms with Gasteiger partial charge in [-0.2, -0.15) is 0 Å². The van der Waals surface area contributed by atoms with Gasteiger partial charge in [-0.05, 0) is 13.0 Å². The Morgan fingerprint density at radius 3 is 2.28 bits per heavy atom. The fraction of sp³-hybridized carbons (Fsp3) is 0.167. The number of hydrogen-bond acceptors (Lipinski definition) is 6. The summed E-state index contributed by atoms with van der Waals surface area (Å²) in [5.74, 6) is -0.768. The van der Waals surface area contributed by atoms with Crippen LogP contribution in [-0.2, 0) is 0 Å². The molecular formula is C12H10N4O2. The summed E-state index contributed by atoms with van der Waals surface area (Å²) in [4.78, 5) is 39.1. The molecule has 6 nitrogen and oxygen atoms in total. The van der Waals surface area contributed by atoms with Crippen molar-refractivity contribution in [3.05, 3.63) is 48.1 Å². The highest BCUT2D eigenvalue weighted by atomic mass is 16.1. The Kier molecular flexibility index (Phi) is 3.47. The van der Waals surface area contributed by atoms with Crippen molar-refractivity contribution in [2.24, 2.45) is 0 Å². The van der Waals surface area contributed by atoms with Crippen LogP contribution in [0.1, 0.15) is 33.2 Å². The van der Waals surface area contributed by atoms with Crippen molar-refractivity contribution in [1.29, 1.82) is 0 Å². The largest absolute Gasteiger partial charge is 0.292 e. The highest BCUT2D eigenvalue weighted by molar-refractivity contribution is 6.11. The van der Waals surface area contributed by atoms with E-state index in [0.29, 0.717) is 5.69 Å². The minimum atomic E-state index is -0.425. The van der Waals surface area contributed by atoms with Gasteiger partial charge < -0.3 is 0 Å². The number of Topliss-reactive ketones (excluding diaryl/α,β-unsaturated/α-hetero) is 2. The van der Waals surface area contributed by atoms with Gasteiger partial charge in [0.1, 0.15) is 5.69 Å². The third kappa shape index (κ3) is 2.60. The number of aryl methyl sites for hydroxylation is 1. The first-order chi connectivity index (χ1) is 8.68. The average molecular weight is 242 g/mol. The Morgan fingerprint density at radius 1 is 0.944 bits per heavy atom. The van der Waals surface area contributed by atoms with Crippen LogP contribution in [0.2, 0.25) is 0 Å². The van der Waals surface area contributed by atoms with Crippen LogP contribution in [0.4, 0.5) is 0 Å². The molecule has 2 heterocycles. The molecule has 0 N–H and O–H groups in total. The summed E-state index contributed by atoms with van der Waals surface area (Å²) >= 11 is 0. The fourth-order valence-corrected chi connectivity index (χ4v) is 1.43. The molecule has 0 fully saturated rings. The van der Waals surface area contributed by atoms with Crippen molar-refractivity contribution < 1.29 is 9.59 Å². The van der Waals surface area contributed by atoms with Crippen molar-refractivity contribution in [2.75, 3.05) is 0 Å². The number of hydrogen-bond donors (Lipinski definition) is 0. The zero-order valence-corrected chi connectivity index (χ0v) is 9.70. The molecular weight excluding hydrogens is 232 g/mol. The normalized spacial score (nSPS) is 10.1. The van der Waals surface area contributed by atoms with Crippen molar-refractivity contribution in [2.45, 2.75) is 13.3 Å². The molecule has 0 saturated heterocycles. The van der Waals surface area contributed by atoms with Crippen LogP contribution in [0.3, 0.4) is 0 Å². The molecule has 0 radical (unpaired) electrons. The molecule has 2 rings (SSSR count). The highest BCUT2D eigenvalue weighted by Crippen LogP contribution is 2.06. The molecule has 0 aliphatic carbocycles. The average Bonchev–Trinajstić information content (AvgIpc) is 2.40. The van der Waals surface area contributed by atoms with Gasteiger partial charge >= 0.3 is 0 Å². The first-order valence-corrected chi connectivity index (χ1v) is 5.29. The predicted molar refractivity (Wildman–Crippen MR) is 62.1 cm³/mol. The van der Waals surface area contributed by atoms with Crippen LogP contribution in [0.15, 0.2) is 30.9 Å². The second-order valence-corrected chi connectivity index (χ2v) is 3.59. The number of rotatable bonds is 4. The summed E-state index contributed by atoms with van der Waals surface area (Å²) in [6.07, 6.45) is 5.53. The number of nitrogens with zero attached hydrogens (tertiary/aromatic N) is 4. The van der Waals surface area contributed by atoms with Crippen LogP contribution in [-0.4, -0.2) is 31.5 Å². The zero-order valence-electron chi connectivity index (χ0n) is 9.70. The molecule has 2 aromatic heterocycles. The fourth-order valence-electron chi connectivity index (χ4n) is 1.43. The second kappa shape index (κ2) is 5.22. The summed E-state index contributed by atoms with van der Waals surface area (Å²) < 4.78 is 0. The lowest BCUT2D eigenvalue weighted by Crippen LogP contribution is -2.14. The van der Waals surface area contributed by atoms with E-state index in [2.05, 4.69) is 19.9 Å². The highest BCUT2D eigenvalue weighted by Gasteiger charge is 2.18. The summed E-state index contributed by atoms with van der Waals surface area (Å²) in [7, 11) is 0. The molecule has 0 spiro atoms. The molecule has 0 aliphatic rings. The van der Waals surface area contributed by atoms with E-state index in [4.69, 9.17) is 0 Å². The maximum atomic E-state index is 11.9. The molecule has 90 valence electrons. The molecule has 6 heteroatoms. The van der Waals surface area contributed by atoms with Crippen molar-refractivity contribution in [3.8, 4) is 0 Å². The molecule has 0 aliphatic heterocycles. The third-order valence-corrected chi connectivity index (χ3v) is 2.28. The Balaban J connectivity index is 2.14. The van der Waals surface area contributed by atoms with E-state index in [1.807, 2.05) is 0 Å². The molecule has 0 bridgehead atoms. The molecule has 0 aromatic carbocycles. The lowest BCUT2D eigenvalue weighted by Gasteiger charge is -2.01. The minimum absolute atomic E-state index is 0.0346. The van der Waals surface area contributed by atoms with E-state index in [1.165, 1.54) is 24.8 Å². The first kappa shape index (κ1) is 12.0. The third-order valence-electron chi connectivity index (χ3n) is 2.28. The van der Waals surface area contributed by atoms with Crippen LogP contribution in [0.5, 0.6) is 0 Å². The molecule has 0 unspecified atom stereocenters. The van der Waals surface area contributed by atoms with E-state index in [0.717, 1.165) is 0 Å². The minimum Gasteiger partial charge on any atom is -0.292 e. The quantitative estimate of drug-likeness (QED) is 0.588. The Hall–Kier alpha value is -2.50. The zero-order chi connectivity index (χ0) is 13.0. The van der Waals surface area contributed by atoms with Crippen molar-refractivity contribution >= 4 is 11.6 Å². The smallest absolute Gasteiger partial charge is 0.207 e. The monoisotopic (exact) mass is 242 g/mol. The van der Waals surface area contributed by atoms with E-state index in [1.54, 1.807) is 13.0 Å². The Labute approximate surface area is 103 Å². The van der Waals surface area contributed by atoms with Gasteiger partial charge in [0.25, 0.3) is 0 Å². The molecule has 2 aromatic rings. The maximum Gasteiger partial charge on any atom is 0.207 e. The van der Waals surface area contributed by atoms with Crippen molar-refractivity contribution in [1.82, 2.24) is 19.9 Å². The number of ketones is 2. The molecule has 0 saturated carbocycles. The lowest BCUT2D eigenvalue weighted by atomic mass is 10.1. The molecule has 0 amide bonds. The van der Waals surface area contributed by atoms with Gasteiger partial charge in [0.05, 0.1) is 12.1 Å². The van der Waals surface area contributed by atoms with Crippen molar-refractivity contribution in [3.63, 3.8) is 0 Å². The standard InChI is InChI=1S/C12H10N4O2/c1-8-11(14-6-5-13-8)9(17)7-10(18)12-15-3-2-4-16-12/h2-6H,7H2,1H3. The number of carbonyl (C=O) groups excluding carboxylic acids is 2. The van der Waals surface area contributed by atoms with Crippen LogP contribution >= 0.6 is 0 Å². The maximum absolute atomic E-state index is 11.9. The van der Waals surface area contributed by atoms with E-state index < -0.39 is 5.78 Å². The van der Waals surface area contributed by atoms with E-state index in [9.17, 15) is 9.59 Å². The molecule has 18 heavy (non-hydrogen) atoms. The summed E-state index contributed by atoms with van der Waals surface area (Å²) in [5.41, 5.74) is 0.714. The van der Waals surface area contributed by atoms with E-state index in [-0.39, 0.29) is 23.7 Å². The van der Waals surface area contributed by atoms with Crippen LogP contribution < -0.4 is 0 Å². The van der Waals surface area contributed by atoms with Gasteiger partial charge in [0, 0.05) is 24.8 Å². The summed E-state index contributed by atoms with van der Waals surface area (Å²) in [6.45, 7) is 1.67. The van der Waals surface area contributed by atoms with Gasteiger partial charge in [-0.15, -0.1) is 0 Å². The lowest BCUT2D eigenvalue weighted by molar-refractivity contribution is 0.0885. The SMILES string of the molecule is Cc1nccnc1C(=O)CC(=O)c1ncccn1. The second-order valence-electron chi connectivity index (χ2n) is 3.59. The summed E-state index contributed by atoms with van der Waals surface area (Å²) in [6, 6.07) is 1.60. The van der Waals surface area contributed by atoms with Gasteiger partial charge in [-0.25, -0.2) is 15.0 Å². The van der Waals surface area contributed by atoms with Crippen LogP contribution in [0.25, 0.3) is 0 Å². The topological polar surface area (TPSA) is 85.7 Å². The van der Waals surface area contributed by atoms with Crippen LogP contribution in [0, 0.1) is 6.92 Å². The Morgan fingerprint density at radius 2 is 1.61 bits per heavy atom. The number of aromatic nitrogens is 4.